The summed E-state index contributed by atoms with van der Waals surface area (Å²) in [5.41, 5.74) is 0. The summed E-state index contributed by atoms with van der Waals surface area (Å²) in [5.74, 6) is -0.741. The van der Waals surface area contributed by atoms with Crippen molar-refractivity contribution in [1.82, 2.24) is 10.2 Å². The Morgan fingerprint density at radius 1 is 1.21 bits per heavy atom. The van der Waals surface area contributed by atoms with Gasteiger partial charge in [0.05, 0.1) is 0 Å². The Bertz CT molecular complexity index is 280. The highest BCUT2D eigenvalue weighted by Crippen LogP contribution is 2.02. The maximum Gasteiger partial charge on any atom is 0.317 e. The van der Waals surface area contributed by atoms with Crippen LogP contribution in [0.25, 0.3) is 0 Å². The smallest absolute Gasteiger partial charge is 0.317 e. The van der Waals surface area contributed by atoms with Crippen LogP contribution in [-0.4, -0.2) is 42.1 Å². The van der Waals surface area contributed by atoms with Gasteiger partial charge in [-0.1, -0.05) is 18.9 Å². The first kappa shape index (κ1) is 17.5. The first-order valence-electron chi connectivity index (χ1n) is 6.89. The molecule has 0 aromatic heterocycles. The second-order valence-corrected chi connectivity index (χ2v) is 4.64. The third-order valence-corrected chi connectivity index (χ3v) is 2.84. The van der Waals surface area contributed by atoms with Crippen LogP contribution in [0, 0.1) is 0 Å². The summed E-state index contributed by atoms with van der Waals surface area (Å²) < 4.78 is 0. The molecule has 0 aliphatic rings. The summed E-state index contributed by atoms with van der Waals surface area (Å²) in [6.07, 6.45) is 7.40. The third-order valence-electron chi connectivity index (χ3n) is 2.84. The molecule has 0 saturated heterocycles. The Labute approximate surface area is 115 Å². The molecule has 19 heavy (non-hydrogen) atoms. The molecule has 0 aliphatic heterocycles. The molecular weight excluding hydrogens is 244 g/mol. The molecule has 0 bridgehead atoms. The van der Waals surface area contributed by atoms with E-state index in [-0.39, 0.29) is 12.5 Å². The molecule has 0 aromatic carbocycles. The van der Waals surface area contributed by atoms with Crippen LogP contribution >= 0.6 is 0 Å². The zero-order valence-corrected chi connectivity index (χ0v) is 11.9. The lowest BCUT2D eigenvalue weighted by Gasteiger charge is -2.17. The zero-order valence-electron chi connectivity index (χ0n) is 11.9. The van der Waals surface area contributed by atoms with E-state index in [2.05, 4.69) is 11.9 Å². The molecule has 5 heteroatoms. The molecule has 0 atom stereocenters. The number of carbonyl (C=O) groups is 2. The topological polar surface area (TPSA) is 69.6 Å². The zero-order chi connectivity index (χ0) is 14.5. The predicted molar refractivity (Wildman–Crippen MR) is 76.2 cm³/mol. The van der Waals surface area contributed by atoms with E-state index in [1.807, 2.05) is 6.08 Å². The van der Waals surface area contributed by atoms with Crippen LogP contribution in [0.1, 0.15) is 44.9 Å². The standard InChI is InChI=1S/C14H26N2O3/c1-3-4-9-12-16(2)14(19)15-11-8-6-5-7-10-13(17)18/h3H,1,4-12H2,2H3,(H,15,19)(H,17,18). The van der Waals surface area contributed by atoms with Gasteiger partial charge in [0, 0.05) is 26.6 Å². The van der Waals surface area contributed by atoms with E-state index in [0.717, 1.165) is 38.6 Å². The summed E-state index contributed by atoms with van der Waals surface area (Å²) in [5, 5.41) is 11.3. The maximum atomic E-state index is 11.6. The molecule has 110 valence electrons. The lowest BCUT2D eigenvalue weighted by atomic mass is 10.1. The molecule has 0 rings (SSSR count). The van der Waals surface area contributed by atoms with Crippen molar-refractivity contribution < 1.29 is 14.7 Å². The number of nitrogens with zero attached hydrogens (tertiary/aromatic N) is 1. The molecule has 5 nitrogen and oxygen atoms in total. The number of unbranched alkanes of at least 4 members (excludes halogenated alkanes) is 4. The van der Waals surface area contributed by atoms with Gasteiger partial charge in [-0.25, -0.2) is 4.79 Å². The Morgan fingerprint density at radius 3 is 2.53 bits per heavy atom. The van der Waals surface area contributed by atoms with E-state index in [4.69, 9.17) is 5.11 Å². The van der Waals surface area contributed by atoms with Gasteiger partial charge in [-0.05, 0) is 25.7 Å². The second kappa shape index (κ2) is 11.6. The Morgan fingerprint density at radius 2 is 1.89 bits per heavy atom. The van der Waals surface area contributed by atoms with Gasteiger partial charge in [-0.2, -0.15) is 0 Å². The number of urea groups is 1. The molecular formula is C14H26N2O3. The molecule has 2 N–H and O–H groups in total. The molecule has 2 amide bonds. The Kier molecular flexibility index (Phi) is 10.6. The van der Waals surface area contributed by atoms with Crippen LogP contribution in [0.3, 0.4) is 0 Å². The highest BCUT2D eigenvalue weighted by atomic mass is 16.4. The molecule has 0 fully saturated rings. The van der Waals surface area contributed by atoms with E-state index < -0.39 is 5.97 Å². The van der Waals surface area contributed by atoms with Crippen molar-refractivity contribution in [2.45, 2.75) is 44.9 Å². The van der Waals surface area contributed by atoms with Crippen molar-refractivity contribution >= 4 is 12.0 Å². The van der Waals surface area contributed by atoms with Gasteiger partial charge in [0.15, 0.2) is 0 Å². The summed E-state index contributed by atoms with van der Waals surface area (Å²) in [7, 11) is 1.78. The largest absolute Gasteiger partial charge is 0.481 e. The molecule has 0 heterocycles. The van der Waals surface area contributed by atoms with Crippen LogP contribution < -0.4 is 5.32 Å². The number of carboxylic acids is 1. The minimum atomic E-state index is -0.741. The minimum Gasteiger partial charge on any atom is -0.481 e. The van der Waals surface area contributed by atoms with Gasteiger partial charge in [0.1, 0.15) is 0 Å². The number of amides is 2. The molecule has 0 radical (unpaired) electrons. The van der Waals surface area contributed by atoms with Crippen molar-refractivity contribution in [3.05, 3.63) is 12.7 Å². The number of carboxylic acid groups (broad SMARTS) is 1. The summed E-state index contributed by atoms with van der Waals surface area (Å²) in [4.78, 5) is 23.6. The van der Waals surface area contributed by atoms with Gasteiger partial charge in [-0.3, -0.25) is 4.79 Å². The molecule has 0 aliphatic carbocycles. The lowest BCUT2D eigenvalue weighted by molar-refractivity contribution is -0.137. The fourth-order valence-corrected chi connectivity index (χ4v) is 1.66. The van der Waals surface area contributed by atoms with Gasteiger partial charge in [-0.15, -0.1) is 6.58 Å². The predicted octanol–water partition coefficient (Wildman–Crippen LogP) is 2.63. The number of allylic oxidation sites excluding steroid dienone is 1. The number of nitrogens with one attached hydrogen (secondary N) is 1. The molecule has 0 aromatic rings. The van der Waals surface area contributed by atoms with E-state index in [1.165, 1.54) is 0 Å². The highest BCUT2D eigenvalue weighted by molar-refractivity contribution is 5.73. The van der Waals surface area contributed by atoms with E-state index in [1.54, 1.807) is 11.9 Å². The fraction of sp³-hybridized carbons (Fsp3) is 0.714. The van der Waals surface area contributed by atoms with Crippen LogP contribution in [0.2, 0.25) is 0 Å². The Hall–Kier alpha value is -1.52. The van der Waals surface area contributed by atoms with Gasteiger partial charge >= 0.3 is 12.0 Å². The number of carbonyl (C=O) groups excluding carboxylic acids is 1. The summed E-state index contributed by atoms with van der Waals surface area (Å²) >= 11 is 0. The maximum absolute atomic E-state index is 11.6. The highest BCUT2D eigenvalue weighted by Gasteiger charge is 2.06. The summed E-state index contributed by atoms with van der Waals surface area (Å²) in [6, 6.07) is -0.0467. The monoisotopic (exact) mass is 270 g/mol. The molecule has 0 saturated carbocycles. The Balaban J connectivity index is 3.41. The second-order valence-electron chi connectivity index (χ2n) is 4.64. The van der Waals surface area contributed by atoms with Gasteiger partial charge < -0.3 is 15.3 Å². The van der Waals surface area contributed by atoms with Crippen LogP contribution in [0.5, 0.6) is 0 Å². The first-order valence-corrected chi connectivity index (χ1v) is 6.89. The molecule has 0 spiro atoms. The van der Waals surface area contributed by atoms with E-state index in [9.17, 15) is 9.59 Å². The van der Waals surface area contributed by atoms with Crippen LogP contribution in [-0.2, 0) is 4.79 Å². The fourth-order valence-electron chi connectivity index (χ4n) is 1.66. The van der Waals surface area contributed by atoms with Crippen LogP contribution in [0.15, 0.2) is 12.7 Å². The number of aliphatic carboxylic acids is 1. The summed E-state index contributed by atoms with van der Waals surface area (Å²) in [6.45, 7) is 5.03. The molecule has 0 unspecified atom stereocenters. The quantitative estimate of drug-likeness (QED) is 0.448. The average Bonchev–Trinajstić information content (AvgIpc) is 2.37. The van der Waals surface area contributed by atoms with Crippen molar-refractivity contribution in [2.24, 2.45) is 0 Å². The number of hydrogen-bond donors (Lipinski definition) is 2. The SMILES string of the molecule is C=CCCCN(C)C(=O)NCCCCCCC(=O)O. The van der Waals surface area contributed by atoms with Crippen molar-refractivity contribution in [3.63, 3.8) is 0 Å². The van der Waals surface area contributed by atoms with E-state index in [0.29, 0.717) is 13.0 Å². The van der Waals surface area contributed by atoms with E-state index >= 15 is 0 Å². The van der Waals surface area contributed by atoms with Gasteiger partial charge in [0.2, 0.25) is 0 Å². The minimum absolute atomic E-state index is 0.0467. The van der Waals surface area contributed by atoms with Crippen molar-refractivity contribution in [2.75, 3.05) is 20.1 Å². The normalized spacial score (nSPS) is 9.95. The van der Waals surface area contributed by atoms with Crippen molar-refractivity contribution in [3.8, 4) is 0 Å². The van der Waals surface area contributed by atoms with Gasteiger partial charge in [0.25, 0.3) is 0 Å². The lowest BCUT2D eigenvalue weighted by Crippen LogP contribution is -2.38. The van der Waals surface area contributed by atoms with Crippen LogP contribution in [0.4, 0.5) is 4.79 Å². The number of hydrogen-bond acceptors (Lipinski definition) is 2. The average molecular weight is 270 g/mol. The third kappa shape index (κ3) is 11.3. The first-order chi connectivity index (χ1) is 9.07. The number of rotatable bonds is 11. The van der Waals surface area contributed by atoms with Crippen molar-refractivity contribution in [1.29, 1.82) is 0 Å².